The Balaban J connectivity index is 2.25. The van der Waals surface area contributed by atoms with Crippen LogP contribution >= 0.6 is 0 Å². The van der Waals surface area contributed by atoms with Crippen molar-refractivity contribution in [3.63, 3.8) is 0 Å². The summed E-state index contributed by atoms with van der Waals surface area (Å²) in [6.45, 7) is 4.44. The molecule has 0 aromatic heterocycles. The van der Waals surface area contributed by atoms with Gasteiger partial charge in [0, 0.05) is 12.0 Å². The van der Waals surface area contributed by atoms with Crippen LogP contribution in [0.3, 0.4) is 0 Å². The van der Waals surface area contributed by atoms with E-state index in [-0.39, 0.29) is 6.04 Å². The molecule has 1 aliphatic carbocycles. The molecular weight excluding hydrogens is 182 g/mol. The zero-order chi connectivity index (χ0) is 10.8. The zero-order valence-corrected chi connectivity index (χ0v) is 9.53. The lowest BCUT2D eigenvalue weighted by molar-refractivity contribution is 0.492. The van der Waals surface area contributed by atoms with Crippen LogP contribution in [-0.2, 0) is 0 Å². The Morgan fingerprint density at radius 1 is 1.00 bits per heavy atom. The fourth-order valence-corrected chi connectivity index (χ4v) is 2.39. The van der Waals surface area contributed by atoms with Gasteiger partial charge in [-0.25, -0.2) is 0 Å². The van der Waals surface area contributed by atoms with Gasteiger partial charge < -0.3 is 5.73 Å². The van der Waals surface area contributed by atoms with Crippen molar-refractivity contribution >= 4 is 0 Å². The summed E-state index contributed by atoms with van der Waals surface area (Å²) in [6, 6.07) is 10.9. The molecule has 1 aromatic rings. The Labute approximate surface area is 92.0 Å². The van der Waals surface area contributed by atoms with Crippen molar-refractivity contribution in [3.05, 3.63) is 47.0 Å². The van der Waals surface area contributed by atoms with E-state index in [9.17, 15) is 0 Å². The second-order valence-corrected chi connectivity index (χ2v) is 4.65. The van der Waals surface area contributed by atoms with Crippen LogP contribution in [0.2, 0.25) is 0 Å². The van der Waals surface area contributed by atoms with E-state index >= 15 is 0 Å². The lowest BCUT2D eigenvalue weighted by Gasteiger charge is -2.30. The van der Waals surface area contributed by atoms with Gasteiger partial charge in [-0.05, 0) is 32.3 Å². The lowest BCUT2D eigenvalue weighted by atomic mass is 9.78. The second-order valence-electron chi connectivity index (χ2n) is 4.65. The summed E-state index contributed by atoms with van der Waals surface area (Å²) in [5.41, 5.74) is 10.6. The number of nitrogens with two attached hydrogens (primary N) is 1. The van der Waals surface area contributed by atoms with Crippen LogP contribution in [-0.4, -0.2) is 6.04 Å². The molecule has 0 radical (unpaired) electrons. The molecule has 0 aliphatic heterocycles. The van der Waals surface area contributed by atoms with Gasteiger partial charge in [0.25, 0.3) is 0 Å². The first kappa shape index (κ1) is 10.4. The van der Waals surface area contributed by atoms with Crippen LogP contribution in [0.4, 0.5) is 0 Å². The number of allylic oxidation sites excluding steroid dienone is 1. The maximum absolute atomic E-state index is 6.23. The molecule has 1 aliphatic rings. The van der Waals surface area contributed by atoms with E-state index in [1.54, 1.807) is 0 Å². The molecule has 0 unspecified atom stereocenters. The van der Waals surface area contributed by atoms with Crippen LogP contribution < -0.4 is 5.73 Å². The normalized spacial score (nSPS) is 26.9. The third kappa shape index (κ3) is 2.13. The molecule has 2 N–H and O–H groups in total. The van der Waals surface area contributed by atoms with Crippen molar-refractivity contribution in [2.75, 3.05) is 0 Å². The average Bonchev–Trinajstić information content (AvgIpc) is 2.25. The van der Waals surface area contributed by atoms with Crippen LogP contribution in [0.25, 0.3) is 0 Å². The van der Waals surface area contributed by atoms with Gasteiger partial charge in [-0.1, -0.05) is 41.5 Å². The number of hydrogen-bond donors (Lipinski definition) is 1. The quantitative estimate of drug-likeness (QED) is 0.694. The van der Waals surface area contributed by atoms with Crippen molar-refractivity contribution in [3.8, 4) is 0 Å². The first-order valence-electron chi connectivity index (χ1n) is 5.64. The van der Waals surface area contributed by atoms with Gasteiger partial charge in [0.15, 0.2) is 0 Å². The van der Waals surface area contributed by atoms with Crippen molar-refractivity contribution in [1.82, 2.24) is 0 Å². The van der Waals surface area contributed by atoms with Crippen LogP contribution in [0.5, 0.6) is 0 Å². The minimum Gasteiger partial charge on any atom is -0.327 e. The standard InChI is InChI=1S/C14H19N/c1-10-8-13(14(15)9-11(10)2)12-6-4-3-5-7-12/h3-7,13-14H,8-9,15H2,1-2H3/t13-,14-/m1/s1. The fraction of sp³-hybridized carbons (Fsp3) is 0.429. The number of hydrogen-bond acceptors (Lipinski definition) is 1. The van der Waals surface area contributed by atoms with Gasteiger partial charge in [-0.2, -0.15) is 0 Å². The average molecular weight is 201 g/mol. The minimum atomic E-state index is 0.288. The third-order valence-corrected chi connectivity index (χ3v) is 3.54. The molecule has 1 heteroatoms. The van der Waals surface area contributed by atoms with Gasteiger partial charge in [0.05, 0.1) is 0 Å². The highest BCUT2D eigenvalue weighted by molar-refractivity contribution is 5.28. The monoisotopic (exact) mass is 201 g/mol. The molecule has 0 bridgehead atoms. The van der Waals surface area contributed by atoms with E-state index in [0.717, 1.165) is 12.8 Å². The van der Waals surface area contributed by atoms with Crippen LogP contribution in [0.1, 0.15) is 38.2 Å². The summed E-state index contributed by atoms with van der Waals surface area (Å²) >= 11 is 0. The smallest absolute Gasteiger partial charge is 0.0148 e. The predicted molar refractivity (Wildman–Crippen MR) is 64.8 cm³/mol. The van der Waals surface area contributed by atoms with E-state index in [0.29, 0.717) is 5.92 Å². The summed E-state index contributed by atoms with van der Waals surface area (Å²) in [6.07, 6.45) is 2.17. The Morgan fingerprint density at radius 3 is 2.27 bits per heavy atom. The molecule has 1 nitrogen and oxygen atoms in total. The van der Waals surface area contributed by atoms with E-state index in [2.05, 4.69) is 44.2 Å². The predicted octanol–water partition coefficient (Wildman–Crippen LogP) is 3.23. The van der Waals surface area contributed by atoms with E-state index < -0.39 is 0 Å². The van der Waals surface area contributed by atoms with E-state index in [1.165, 1.54) is 16.7 Å². The molecule has 2 rings (SSSR count). The van der Waals surface area contributed by atoms with Gasteiger partial charge in [0.1, 0.15) is 0 Å². The molecule has 0 heterocycles. The largest absolute Gasteiger partial charge is 0.327 e. The number of rotatable bonds is 1. The summed E-state index contributed by atoms with van der Waals surface area (Å²) < 4.78 is 0. The maximum Gasteiger partial charge on any atom is 0.0148 e. The highest BCUT2D eigenvalue weighted by Crippen LogP contribution is 2.34. The topological polar surface area (TPSA) is 26.0 Å². The molecule has 15 heavy (non-hydrogen) atoms. The zero-order valence-electron chi connectivity index (χ0n) is 9.53. The van der Waals surface area contributed by atoms with Gasteiger partial charge in [-0.15, -0.1) is 0 Å². The minimum absolute atomic E-state index is 0.288. The molecule has 0 saturated carbocycles. The summed E-state index contributed by atoms with van der Waals surface area (Å²) in [4.78, 5) is 0. The van der Waals surface area contributed by atoms with Gasteiger partial charge >= 0.3 is 0 Å². The molecule has 0 fully saturated rings. The first-order chi connectivity index (χ1) is 7.18. The molecule has 0 spiro atoms. The summed E-state index contributed by atoms with van der Waals surface area (Å²) in [5.74, 6) is 0.509. The fourth-order valence-electron chi connectivity index (χ4n) is 2.39. The van der Waals surface area contributed by atoms with Crippen LogP contribution in [0.15, 0.2) is 41.5 Å². The van der Waals surface area contributed by atoms with E-state index in [1.807, 2.05) is 0 Å². The molecular formula is C14H19N. The molecule has 80 valence electrons. The van der Waals surface area contributed by atoms with Crippen molar-refractivity contribution in [2.45, 2.75) is 38.6 Å². The Kier molecular flexibility index (Phi) is 2.92. The molecule has 1 aromatic carbocycles. The molecule has 0 amide bonds. The lowest BCUT2D eigenvalue weighted by Crippen LogP contribution is -2.32. The number of benzene rings is 1. The summed E-state index contributed by atoms with van der Waals surface area (Å²) in [5, 5.41) is 0. The second kappa shape index (κ2) is 4.19. The Hall–Kier alpha value is -1.08. The first-order valence-corrected chi connectivity index (χ1v) is 5.64. The van der Waals surface area contributed by atoms with Crippen molar-refractivity contribution in [2.24, 2.45) is 5.73 Å². The Morgan fingerprint density at radius 2 is 1.60 bits per heavy atom. The molecule has 0 saturated heterocycles. The van der Waals surface area contributed by atoms with Gasteiger partial charge in [-0.3, -0.25) is 0 Å². The van der Waals surface area contributed by atoms with Gasteiger partial charge in [0.2, 0.25) is 0 Å². The SMILES string of the molecule is CC1=C(C)C[C@H](c2ccccc2)[C@H](N)C1. The summed E-state index contributed by atoms with van der Waals surface area (Å²) in [7, 11) is 0. The molecule has 2 atom stereocenters. The third-order valence-electron chi connectivity index (χ3n) is 3.54. The maximum atomic E-state index is 6.23. The van der Waals surface area contributed by atoms with Crippen molar-refractivity contribution < 1.29 is 0 Å². The Bertz CT molecular complexity index is 364. The highest BCUT2D eigenvalue weighted by Gasteiger charge is 2.25. The van der Waals surface area contributed by atoms with E-state index in [4.69, 9.17) is 5.73 Å². The van der Waals surface area contributed by atoms with Crippen molar-refractivity contribution in [1.29, 1.82) is 0 Å². The highest BCUT2D eigenvalue weighted by atomic mass is 14.7. The van der Waals surface area contributed by atoms with Crippen LogP contribution in [0, 0.1) is 0 Å².